The third-order valence-corrected chi connectivity index (χ3v) is 8.96. The maximum Gasteiger partial charge on any atom is 2.00 e. The first-order valence-electron chi connectivity index (χ1n) is 18.6. The Morgan fingerprint density at radius 2 is 0.344 bits per heavy atom. The van der Waals surface area contributed by atoms with E-state index >= 15 is 0 Å². The van der Waals surface area contributed by atoms with Crippen LogP contribution in [0.4, 0.5) is 0 Å². The predicted molar refractivity (Wildman–Crippen MR) is 235 cm³/mol. The molecule has 0 spiro atoms. The summed E-state index contributed by atoms with van der Waals surface area (Å²) in [6, 6.07) is 66.9. The molecular formula is C52H40O8Zn+2. The van der Waals surface area contributed by atoms with Crippen molar-refractivity contribution in [3.63, 3.8) is 0 Å². The first-order valence-corrected chi connectivity index (χ1v) is 18.6. The largest absolute Gasteiger partial charge is 2.00 e. The van der Waals surface area contributed by atoms with Crippen LogP contribution >= 0.6 is 0 Å². The van der Waals surface area contributed by atoms with Gasteiger partial charge in [-0.3, -0.25) is 0 Å². The molecule has 8 nitrogen and oxygen atoms in total. The Morgan fingerprint density at radius 3 is 0.475 bits per heavy atom. The Morgan fingerprint density at radius 1 is 0.213 bits per heavy atom. The first kappa shape index (κ1) is 46.0. The van der Waals surface area contributed by atoms with Crippen LogP contribution in [-0.2, 0) is 19.5 Å². The van der Waals surface area contributed by atoms with Crippen molar-refractivity contribution in [2.24, 2.45) is 0 Å². The molecule has 0 fully saturated rings. The Labute approximate surface area is 366 Å². The fourth-order valence-electron chi connectivity index (χ4n) is 5.74. The maximum atomic E-state index is 10.6. The van der Waals surface area contributed by atoms with Gasteiger partial charge in [-0.15, -0.1) is 0 Å². The molecule has 8 aromatic carbocycles. The summed E-state index contributed by atoms with van der Waals surface area (Å²) in [6.07, 6.45) is 0. The zero-order valence-corrected chi connectivity index (χ0v) is 35.9. The maximum absolute atomic E-state index is 10.6. The number of rotatable bonds is 8. The van der Waals surface area contributed by atoms with Crippen molar-refractivity contribution in [1.29, 1.82) is 0 Å². The second kappa shape index (κ2) is 23.6. The molecule has 0 atom stereocenters. The van der Waals surface area contributed by atoms with Crippen LogP contribution in [0.1, 0.15) is 41.4 Å². The van der Waals surface area contributed by atoms with E-state index in [-0.39, 0.29) is 19.5 Å². The third kappa shape index (κ3) is 14.2. The van der Waals surface area contributed by atoms with Gasteiger partial charge in [0.1, 0.15) is 0 Å². The summed E-state index contributed by atoms with van der Waals surface area (Å²) in [5.41, 5.74) is 9.74. The minimum Gasteiger partial charge on any atom is -0.478 e. The van der Waals surface area contributed by atoms with Crippen LogP contribution in [0.15, 0.2) is 218 Å². The van der Waals surface area contributed by atoms with Crippen molar-refractivity contribution in [2.45, 2.75) is 0 Å². The molecule has 0 aromatic heterocycles. The second-order valence-electron chi connectivity index (χ2n) is 13.0. The van der Waals surface area contributed by atoms with E-state index in [0.717, 1.165) is 44.5 Å². The van der Waals surface area contributed by atoms with E-state index in [1.807, 2.05) is 170 Å². The van der Waals surface area contributed by atoms with Crippen LogP contribution < -0.4 is 0 Å². The van der Waals surface area contributed by atoms with E-state index in [1.54, 1.807) is 48.5 Å². The van der Waals surface area contributed by atoms with Gasteiger partial charge in [0.15, 0.2) is 0 Å². The topological polar surface area (TPSA) is 149 Å². The number of carboxylic acid groups (broad SMARTS) is 4. The average molecular weight is 858 g/mol. The molecule has 8 rings (SSSR count). The molecule has 0 saturated heterocycles. The smallest absolute Gasteiger partial charge is 0.478 e. The molecule has 0 saturated carbocycles. The van der Waals surface area contributed by atoms with Crippen molar-refractivity contribution in [3.8, 4) is 44.5 Å². The van der Waals surface area contributed by atoms with E-state index in [4.69, 9.17) is 20.4 Å². The Kier molecular flexibility index (Phi) is 17.8. The Hall–Kier alpha value is -7.74. The number of carboxylic acids is 4. The molecule has 61 heavy (non-hydrogen) atoms. The van der Waals surface area contributed by atoms with Crippen molar-refractivity contribution < 1.29 is 59.1 Å². The molecule has 0 heterocycles. The zero-order chi connectivity index (χ0) is 42.7. The van der Waals surface area contributed by atoms with Crippen molar-refractivity contribution in [1.82, 2.24) is 0 Å². The summed E-state index contributed by atoms with van der Waals surface area (Å²) in [4.78, 5) is 42.6. The Balaban J connectivity index is 0.000000178. The van der Waals surface area contributed by atoms with E-state index in [9.17, 15) is 19.2 Å². The first-order chi connectivity index (χ1) is 29.1. The summed E-state index contributed by atoms with van der Waals surface area (Å²) in [5, 5.41) is 35.0. The number of hydrogen-bond acceptors (Lipinski definition) is 4. The number of hydrogen-bond donors (Lipinski definition) is 4. The standard InChI is InChI=1S/4C13H10O2.Zn/c4*14-13(15)12-8-6-11(7-9-12)10-4-2-1-3-5-10;/h4*1-9H,(H,14,15);/q;;;;+2. The predicted octanol–water partition coefficient (Wildman–Crippen LogP) is 12.2. The molecule has 9 heteroatoms. The van der Waals surface area contributed by atoms with Gasteiger partial charge < -0.3 is 20.4 Å². The normalized spacial score (nSPS) is 9.70. The summed E-state index contributed by atoms with van der Waals surface area (Å²) in [6.45, 7) is 0. The van der Waals surface area contributed by atoms with Crippen molar-refractivity contribution in [2.75, 3.05) is 0 Å². The van der Waals surface area contributed by atoms with E-state index in [0.29, 0.717) is 22.3 Å². The van der Waals surface area contributed by atoms with Gasteiger partial charge in [-0.25, -0.2) is 19.2 Å². The summed E-state index contributed by atoms with van der Waals surface area (Å²) in [7, 11) is 0. The SMILES string of the molecule is O=C(O)c1ccc(-c2ccccc2)cc1.O=C(O)c1ccc(-c2ccccc2)cc1.O=C(O)c1ccc(-c2ccccc2)cc1.O=C(O)c1ccc(-c2ccccc2)cc1.[Zn+2]. The molecule has 0 aliphatic rings. The molecule has 8 aromatic rings. The fourth-order valence-corrected chi connectivity index (χ4v) is 5.74. The third-order valence-electron chi connectivity index (χ3n) is 8.96. The molecule has 0 amide bonds. The van der Waals surface area contributed by atoms with Gasteiger partial charge >= 0.3 is 43.4 Å². The van der Waals surface area contributed by atoms with Gasteiger partial charge in [0.2, 0.25) is 0 Å². The molecule has 0 bridgehead atoms. The van der Waals surface area contributed by atoms with Gasteiger partial charge in [-0.2, -0.15) is 0 Å². The van der Waals surface area contributed by atoms with E-state index in [1.165, 1.54) is 0 Å². The summed E-state index contributed by atoms with van der Waals surface area (Å²) < 4.78 is 0. The molecule has 0 unspecified atom stereocenters. The van der Waals surface area contributed by atoms with Crippen LogP contribution in [-0.4, -0.2) is 44.3 Å². The molecule has 4 N–H and O–H groups in total. The second-order valence-corrected chi connectivity index (χ2v) is 13.0. The van der Waals surface area contributed by atoms with Crippen LogP contribution in [0, 0.1) is 0 Å². The fraction of sp³-hybridized carbons (Fsp3) is 0. The molecule has 296 valence electrons. The average Bonchev–Trinajstić information content (AvgIpc) is 3.31. The minimum absolute atomic E-state index is 0. The van der Waals surface area contributed by atoms with Gasteiger partial charge in [0.25, 0.3) is 0 Å². The number of benzene rings is 8. The van der Waals surface area contributed by atoms with Crippen LogP contribution in [0.25, 0.3) is 44.5 Å². The zero-order valence-electron chi connectivity index (χ0n) is 32.9. The molecule has 0 aliphatic carbocycles. The monoisotopic (exact) mass is 856 g/mol. The minimum atomic E-state index is -0.894. The van der Waals surface area contributed by atoms with Gasteiger partial charge in [0.05, 0.1) is 22.3 Å². The Bertz CT molecular complexity index is 2210. The van der Waals surface area contributed by atoms with Gasteiger partial charge in [-0.05, 0) is 93.0 Å². The van der Waals surface area contributed by atoms with Crippen molar-refractivity contribution >= 4 is 23.9 Å². The van der Waals surface area contributed by atoms with E-state index < -0.39 is 23.9 Å². The van der Waals surface area contributed by atoms with Crippen LogP contribution in [0.3, 0.4) is 0 Å². The molecule has 0 aliphatic heterocycles. The van der Waals surface area contributed by atoms with Crippen LogP contribution in [0.2, 0.25) is 0 Å². The molecule has 0 radical (unpaired) electrons. The number of carbonyl (C=O) groups is 4. The quantitative estimate of drug-likeness (QED) is 0.110. The van der Waals surface area contributed by atoms with Crippen molar-refractivity contribution in [3.05, 3.63) is 241 Å². The summed E-state index contributed by atoms with van der Waals surface area (Å²) >= 11 is 0. The van der Waals surface area contributed by atoms with Gasteiger partial charge in [0, 0.05) is 0 Å². The summed E-state index contributed by atoms with van der Waals surface area (Å²) in [5.74, 6) is -3.58. The van der Waals surface area contributed by atoms with Gasteiger partial charge in [-0.1, -0.05) is 170 Å². The molecular weight excluding hydrogens is 818 g/mol. The van der Waals surface area contributed by atoms with E-state index in [2.05, 4.69) is 0 Å². The number of aromatic carboxylic acids is 4. The van der Waals surface area contributed by atoms with Crippen LogP contribution in [0.5, 0.6) is 0 Å².